The molecule has 0 unspecified atom stereocenters. The van der Waals surface area contributed by atoms with Crippen LogP contribution in [0.4, 0.5) is 19.0 Å². The molecule has 0 spiro atoms. The maximum atomic E-state index is 14.6. The lowest BCUT2D eigenvalue weighted by molar-refractivity contribution is -0.0521. The van der Waals surface area contributed by atoms with E-state index in [9.17, 15) is 26.9 Å². The van der Waals surface area contributed by atoms with Crippen LogP contribution in [-0.2, 0) is 10.0 Å². The second-order valence-corrected chi connectivity index (χ2v) is 12.3. The number of anilines is 1. The largest absolute Gasteiger partial charge is 0.432 e. The van der Waals surface area contributed by atoms with E-state index in [1.54, 1.807) is 26.8 Å². The first-order valence-electron chi connectivity index (χ1n) is 11.6. The summed E-state index contributed by atoms with van der Waals surface area (Å²) in [6.45, 7) is 1.50. The highest BCUT2D eigenvalue weighted by atomic mass is 32.2. The Labute approximate surface area is 207 Å². The van der Waals surface area contributed by atoms with Crippen LogP contribution in [0.3, 0.4) is 0 Å². The summed E-state index contributed by atoms with van der Waals surface area (Å²) in [4.78, 5) is 4.25. The molecular weight excluding hydrogens is 493 g/mol. The number of pyridine rings is 1. The number of aromatic nitrogens is 2. The van der Waals surface area contributed by atoms with Crippen LogP contribution in [0.2, 0.25) is 0 Å². The third-order valence-electron chi connectivity index (χ3n) is 6.41. The predicted molar refractivity (Wildman–Crippen MR) is 131 cm³/mol. The molecule has 1 saturated carbocycles. The Morgan fingerprint density at radius 3 is 2.44 bits per heavy atom. The van der Waals surface area contributed by atoms with E-state index in [-0.39, 0.29) is 22.8 Å². The Morgan fingerprint density at radius 1 is 1.19 bits per heavy atom. The molecule has 1 N–H and O–H groups in total. The van der Waals surface area contributed by atoms with Crippen molar-refractivity contribution in [1.29, 1.82) is 5.26 Å². The normalized spacial score (nSPS) is 15.3. The number of alkyl halides is 2. The van der Waals surface area contributed by atoms with E-state index < -0.39 is 32.9 Å². The SMILES string of the molecule is CC(C)(C)S(=O)(=O)Nc1ccc(-c2c(C#N)c3cc(F)c(OC(F)F)cc3n2C2CCCCC2)cn1. The van der Waals surface area contributed by atoms with Crippen molar-refractivity contribution in [2.75, 3.05) is 4.72 Å². The van der Waals surface area contributed by atoms with Crippen molar-refractivity contribution in [1.82, 2.24) is 9.55 Å². The first kappa shape index (κ1) is 25.8. The van der Waals surface area contributed by atoms with Crippen LogP contribution >= 0.6 is 0 Å². The number of hydrogen-bond donors (Lipinski definition) is 1. The standard InChI is InChI=1S/C25H27F3N4O3S/c1-25(2,3)36(33,34)31-22-10-9-15(14-30-22)23-18(13-29)17-11-19(26)21(35-24(27)28)12-20(17)32(23)16-7-5-4-6-8-16/h9-12,14,16,24H,4-8H2,1-3H3,(H,30,31). The van der Waals surface area contributed by atoms with Crippen LogP contribution in [0, 0.1) is 17.1 Å². The number of halogens is 3. The average Bonchev–Trinajstić information content (AvgIpc) is 3.12. The van der Waals surface area contributed by atoms with E-state index in [1.165, 1.54) is 18.3 Å². The van der Waals surface area contributed by atoms with Crippen molar-refractivity contribution in [2.24, 2.45) is 0 Å². The zero-order valence-electron chi connectivity index (χ0n) is 20.2. The van der Waals surface area contributed by atoms with Gasteiger partial charge in [0.05, 0.1) is 21.5 Å². The molecule has 7 nitrogen and oxygen atoms in total. The van der Waals surface area contributed by atoms with E-state index in [0.29, 0.717) is 16.8 Å². The summed E-state index contributed by atoms with van der Waals surface area (Å²) in [5.41, 5.74) is 1.60. The Balaban J connectivity index is 1.89. The molecule has 1 fully saturated rings. The summed E-state index contributed by atoms with van der Waals surface area (Å²) in [7, 11) is -3.69. The molecule has 1 aliphatic carbocycles. The summed E-state index contributed by atoms with van der Waals surface area (Å²) in [5, 5.41) is 10.3. The summed E-state index contributed by atoms with van der Waals surface area (Å²) < 4.78 is 73.1. The molecule has 1 aromatic carbocycles. The summed E-state index contributed by atoms with van der Waals surface area (Å²) in [6, 6.07) is 7.50. The van der Waals surface area contributed by atoms with E-state index in [2.05, 4.69) is 20.5 Å². The number of ether oxygens (including phenoxy) is 1. The number of nitrogens with one attached hydrogen (secondary N) is 1. The number of nitriles is 1. The van der Waals surface area contributed by atoms with Crippen LogP contribution in [0.5, 0.6) is 5.75 Å². The molecule has 0 amide bonds. The molecule has 0 aliphatic heterocycles. The van der Waals surface area contributed by atoms with Gasteiger partial charge in [0.1, 0.15) is 11.9 Å². The lowest BCUT2D eigenvalue weighted by Crippen LogP contribution is -2.33. The first-order chi connectivity index (χ1) is 16.9. The van der Waals surface area contributed by atoms with E-state index >= 15 is 0 Å². The minimum atomic E-state index is -3.69. The van der Waals surface area contributed by atoms with Crippen molar-refractivity contribution < 1.29 is 26.3 Å². The smallest absolute Gasteiger partial charge is 0.387 e. The Morgan fingerprint density at radius 2 is 1.89 bits per heavy atom. The van der Waals surface area contributed by atoms with E-state index in [1.807, 2.05) is 4.57 Å². The van der Waals surface area contributed by atoms with Gasteiger partial charge in [0.2, 0.25) is 10.0 Å². The highest BCUT2D eigenvalue weighted by Crippen LogP contribution is 2.42. The number of hydrogen-bond acceptors (Lipinski definition) is 5. The lowest BCUT2D eigenvalue weighted by atomic mass is 9.94. The monoisotopic (exact) mass is 520 g/mol. The Hall–Kier alpha value is -3.26. The van der Waals surface area contributed by atoms with Crippen molar-refractivity contribution in [3.63, 3.8) is 0 Å². The van der Waals surface area contributed by atoms with Gasteiger partial charge in [-0.3, -0.25) is 4.72 Å². The third-order valence-corrected chi connectivity index (χ3v) is 8.50. The molecule has 36 heavy (non-hydrogen) atoms. The molecular formula is C25H27F3N4O3S. The molecule has 2 heterocycles. The Bertz CT molecular complexity index is 1420. The first-order valence-corrected chi connectivity index (χ1v) is 13.1. The molecule has 3 aromatic rings. The predicted octanol–water partition coefficient (Wildman–Crippen LogP) is 6.36. The minimum absolute atomic E-state index is 0.0396. The van der Waals surface area contributed by atoms with Gasteiger partial charge < -0.3 is 9.30 Å². The maximum Gasteiger partial charge on any atom is 0.387 e. The van der Waals surface area contributed by atoms with Crippen LogP contribution < -0.4 is 9.46 Å². The highest BCUT2D eigenvalue weighted by Gasteiger charge is 2.30. The summed E-state index contributed by atoms with van der Waals surface area (Å²) in [5.74, 6) is -1.46. The maximum absolute atomic E-state index is 14.6. The molecule has 192 valence electrons. The fraction of sp³-hybridized carbons (Fsp3) is 0.440. The third kappa shape index (κ3) is 4.87. The lowest BCUT2D eigenvalue weighted by Gasteiger charge is -2.27. The molecule has 2 aromatic heterocycles. The summed E-state index contributed by atoms with van der Waals surface area (Å²) in [6.07, 6.45) is 6.04. The number of benzene rings is 1. The molecule has 0 bridgehead atoms. The second-order valence-electron chi connectivity index (χ2n) is 9.83. The van der Waals surface area contributed by atoms with Crippen molar-refractivity contribution in [3.05, 3.63) is 41.8 Å². The molecule has 0 atom stereocenters. The molecule has 4 rings (SSSR count). The molecule has 1 aliphatic rings. The minimum Gasteiger partial charge on any atom is -0.432 e. The van der Waals surface area contributed by atoms with Crippen LogP contribution in [0.25, 0.3) is 22.2 Å². The highest BCUT2D eigenvalue weighted by molar-refractivity contribution is 7.94. The van der Waals surface area contributed by atoms with Gasteiger partial charge in [0.15, 0.2) is 11.6 Å². The van der Waals surface area contributed by atoms with Gasteiger partial charge in [-0.1, -0.05) is 19.3 Å². The Kier molecular flexibility index (Phi) is 6.92. The van der Waals surface area contributed by atoms with Crippen LogP contribution in [0.1, 0.15) is 64.5 Å². The van der Waals surface area contributed by atoms with Gasteiger partial charge in [-0.25, -0.2) is 17.8 Å². The average molecular weight is 521 g/mol. The van der Waals surface area contributed by atoms with E-state index in [4.69, 9.17) is 0 Å². The van der Waals surface area contributed by atoms with Crippen molar-refractivity contribution >= 4 is 26.7 Å². The van der Waals surface area contributed by atoms with Crippen molar-refractivity contribution in [3.8, 4) is 23.1 Å². The molecule has 0 radical (unpaired) electrons. The fourth-order valence-corrected chi connectivity index (χ4v) is 5.20. The van der Waals surface area contributed by atoms with Crippen LogP contribution in [-0.4, -0.2) is 29.3 Å². The number of fused-ring (bicyclic) bond motifs is 1. The molecule has 11 heteroatoms. The van der Waals surface area contributed by atoms with E-state index in [0.717, 1.165) is 38.2 Å². The van der Waals surface area contributed by atoms with Gasteiger partial charge in [-0.15, -0.1) is 0 Å². The quantitative estimate of drug-likeness (QED) is 0.408. The molecule has 0 saturated heterocycles. The number of rotatable bonds is 6. The zero-order chi connectivity index (χ0) is 26.3. The number of sulfonamides is 1. The van der Waals surface area contributed by atoms with Crippen molar-refractivity contribution in [2.45, 2.75) is 70.3 Å². The zero-order valence-corrected chi connectivity index (χ0v) is 21.0. The second kappa shape index (κ2) is 9.65. The number of nitrogens with zero attached hydrogens (tertiary/aromatic N) is 3. The van der Waals surface area contributed by atoms with Gasteiger partial charge >= 0.3 is 6.61 Å². The van der Waals surface area contributed by atoms with Gasteiger partial charge in [-0.2, -0.15) is 14.0 Å². The fourth-order valence-electron chi connectivity index (χ4n) is 4.50. The topological polar surface area (TPSA) is 97.0 Å². The summed E-state index contributed by atoms with van der Waals surface area (Å²) >= 11 is 0. The van der Waals surface area contributed by atoms with Gasteiger partial charge in [-0.05, 0) is 51.8 Å². The van der Waals surface area contributed by atoms with Gasteiger partial charge in [0, 0.05) is 29.3 Å². The van der Waals surface area contributed by atoms with Crippen LogP contribution in [0.15, 0.2) is 30.5 Å². The van der Waals surface area contributed by atoms with Gasteiger partial charge in [0.25, 0.3) is 0 Å².